The Hall–Kier alpha value is 0.250. The molecule has 0 unspecified atom stereocenters. The molecule has 0 aliphatic carbocycles. The summed E-state index contributed by atoms with van der Waals surface area (Å²) in [6.07, 6.45) is 4.89. The number of rotatable bonds is 7. The van der Waals surface area contributed by atoms with E-state index in [9.17, 15) is 0 Å². The van der Waals surface area contributed by atoms with Crippen molar-refractivity contribution in [2.75, 3.05) is 19.5 Å². The van der Waals surface area contributed by atoms with Crippen molar-refractivity contribution in [1.82, 2.24) is 4.90 Å². The first-order valence-corrected chi connectivity index (χ1v) is 5.55. The van der Waals surface area contributed by atoms with Crippen LogP contribution >= 0.6 is 11.6 Å². The molecule has 74 valence electrons. The number of alkyl halides is 1. The lowest BCUT2D eigenvalue weighted by Gasteiger charge is -2.25. The predicted molar refractivity (Wildman–Crippen MR) is 57.0 cm³/mol. The molecule has 2 heteroatoms. The Morgan fingerprint density at radius 2 is 1.75 bits per heavy atom. The van der Waals surface area contributed by atoms with E-state index in [1.165, 1.54) is 25.8 Å². The van der Waals surface area contributed by atoms with E-state index in [0.29, 0.717) is 0 Å². The molecule has 0 amide bonds. The molecule has 0 bridgehead atoms. The van der Waals surface area contributed by atoms with E-state index >= 15 is 0 Å². The Morgan fingerprint density at radius 3 is 2.17 bits per heavy atom. The Labute approximate surface area is 82.1 Å². The Kier molecular flexibility index (Phi) is 8.04. The summed E-state index contributed by atoms with van der Waals surface area (Å²) in [5.74, 6) is 0.802. The fourth-order valence-electron chi connectivity index (χ4n) is 1.55. The van der Waals surface area contributed by atoms with Crippen LogP contribution in [0.15, 0.2) is 0 Å². The summed E-state index contributed by atoms with van der Waals surface area (Å²) < 4.78 is 0. The van der Waals surface area contributed by atoms with Crippen LogP contribution in [-0.4, -0.2) is 30.4 Å². The molecule has 0 N–H and O–H groups in total. The van der Waals surface area contributed by atoms with Gasteiger partial charge in [-0.2, -0.15) is 0 Å². The number of hydrogen-bond donors (Lipinski definition) is 0. The van der Waals surface area contributed by atoms with Crippen LogP contribution in [0.25, 0.3) is 0 Å². The van der Waals surface area contributed by atoms with Crippen LogP contribution in [0.2, 0.25) is 0 Å². The van der Waals surface area contributed by atoms with E-state index in [1.807, 2.05) is 0 Å². The van der Waals surface area contributed by atoms with Gasteiger partial charge in [-0.3, -0.25) is 0 Å². The summed E-state index contributed by atoms with van der Waals surface area (Å²) in [4.78, 5) is 2.45. The fraction of sp³-hybridized carbons (Fsp3) is 1.00. The maximum Gasteiger partial charge on any atom is 0.0223 e. The van der Waals surface area contributed by atoms with Crippen molar-refractivity contribution in [2.24, 2.45) is 0 Å². The molecule has 0 atom stereocenters. The maximum absolute atomic E-state index is 5.61. The van der Waals surface area contributed by atoms with Crippen LogP contribution in [0.5, 0.6) is 0 Å². The molecule has 0 saturated carbocycles. The molecule has 0 aromatic rings. The average molecular weight is 192 g/mol. The Bertz CT molecular complexity index is 91.8. The summed E-state index contributed by atoms with van der Waals surface area (Å²) >= 11 is 5.61. The molecular weight excluding hydrogens is 170 g/mol. The van der Waals surface area contributed by atoms with E-state index in [0.717, 1.165) is 18.3 Å². The van der Waals surface area contributed by atoms with Gasteiger partial charge in [0.05, 0.1) is 0 Å². The summed E-state index contributed by atoms with van der Waals surface area (Å²) in [6, 6.07) is 0.764. The first-order valence-electron chi connectivity index (χ1n) is 5.02. The predicted octanol–water partition coefficient (Wildman–Crippen LogP) is 3.13. The fourth-order valence-corrected chi connectivity index (χ4v) is 1.74. The van der Waals surface area contributed by atoms with Crippen LogP contribution in [-0.2, 0) is 0 Å². The van der Waals surface area contributed by atoms with Crippen molar-refractivity contribution in [3.63, 3.8) is 0 Å². The van der Waals surface area contributed by atoms with Crippen LogP contribution < -0.4 is 0 Å². The van der Waals surface area contributed by atoms with Crippen LogP contribution in [0.1, 0.15) is 39.5 Å². The third-order valence-corrected chi connectivity index (χ3v) is 2.73. The van der Waals surface area contributed by atoms with E-state index in [4.69, 9.17) is 11.6 Å². The first-order chi connectivity index (χ1) is 5.76. The van der Waals surface area contributed by atoms with E-state index in [-0.39, 0.29) is 0 Å². The zero-order valence-electron chi connectivity index (χ0n) is 8.65. The molecule has 0 spiro atoms. The molecule has 0 rings (SSSR count). The zero-order valence-corrected chi connectivity index (χ0v) is 9.40. The van der Waals surface area contributed by atoms with E-state index < -0.39 is 0 Å². The van der Waals surface area contributed by atoms with Gasteiger partial charge in [0.1, 0.15) is 0 Å². The Morgan fingerprint density at radius 1 is 1.17 bits per heavy atom. The second kappa shape index (κ2) is 7.88. The quantitative estimate of drug-likeness (QED) is 0.442. The minimum absolute atomic E-state index is 0.764. The van der Waals surface area contributed by atoms with Crippen LogP contribution in [0.3, 0.4) is 0 Å². The van der Waals surface area contributed by atoms with Gasteiger partial charge in [-0.1, -0.05) is 13.8 Å². The highest BCUT2D eigenvalue weighted by molar-refractivity contribution is 6.17. The molecule has 0 aromatic heterocycles. The summed E-state index contributed by atoms with van der Waals surface area (Å²) in [5.41, 5.74) is 0. The van der Waals surface area contributed by atoms with Gasteiger partial charge in [-0.15, -0.1) is 11.6 Å². The largest absolute Gasteiger partial charge is 0.303 e. The summed E-state index contributed by atoms with van der Waals surface area (Å²) in [7, 11) is 2.21. The molecule has 0 heterocycles. The monoisotopic (exact) mass is 191 g/mol. The van der Waals surface area contributed by atoms with Crippen molar-refractivity contribution in [3.8, 4) is 0 Å². The highest BCUT2D eigenvalue weighted by Gasteiger charge is 2.08. The van der Waals surface area contributed by atoms with Gasteiger partial charge in [0.2, 0.25) is 0 Å². The van der Waals surface area contributed by atoms with Crippen LogP contribution in [0, 0.1) is 0 Å². The lowest BCUT2D eigenvalue weighted by molar-refractivity contribution is 0.227. The summed E-state index contributed by atoms with van der Waals surface area (Å²) in [5, 5.41) is 0. The number of unbranched alkanes of at least 4 members (excludes halogenated alkanes) is 1. The zero-order chi connectivity index (χ0) is 9.40. The number of halogens is 1. The minimum atomic E-state index is 0.764. The third-order valence-electron chi connectivity index (χ3n) is 2.46. The van der Waals surface area contributed by atoms with Gasteiger partial charge in [-0.25, -0.2) is 0 Å². The van der Waals surface area contributed by atoms with Crippen molar-refractivity contribution < 1.29 is 0 Å². The Balaban J connectivity index is 3.47. The normalized spacial score (nSPS) is 11.5. The number of nitrogens with zero attached hydrogens (tertiary/aromatic N) is 1. The molecule has 0 aliphatic heterocycles. The average Bonchev–Trinajstić information content (AvgIpc) is 2.07. The SMILES string of the molecule is CCC(CC)N(C)CCCCCl. The second-order valence-electron chi connectivity index (χ2n) is 3.35. The van der Waals surface area contributed by atoms with Gasteiger partial charge in [0, 0.05) is 11.9 Å². The lowest BCUT2D eigenvalue weighted by Crippen LogP contribution is -2.31. The van der Waals surface area contributed by atoms with Gasteiger partial charge < -0.3 is 4.90 Å². The molecule has 0 aliphatic rings. The van der Waals surface area contributed by atoms with Gasteiger partial charge in [-0.05, 0) is 39.3 Å². The summed E-state index contributed by atoms with van der Waals surface area (Å²) in [6.45, 7) is 5.71. The maximum atomic E-state index is 5.61. The molecule has 1 nitrogen and oxygen atoms in total. The van der Waals surface area contributed by atoms with Crippen molar-refractivity contribution >= 4 is 11.6 Å². The van der Waals surface area contributed by atoms with Gasteiger partial charge in [0.25, 0.3) is 0 Å². The molecule has 0 radical (unpaired) electrons. The molecule has 0 fully saturated rings. The van der Waals surface area contributed by atoms with Gasteiger partial charge in [0.15, 0.2) is 0 Å². The lowest BCUT2D eigenvalue weighted by atomic mass is 10.1. The van der Waals surface area contributed by atoms with E-state index in [1.54, 1.807) is 0 Å². The smallest absolute Gasteiger partial charge is 0.0223 e. The number of hydrogen-bond acceptors (Lipinski definition) is 1. The molecule has 0 aromatic carbocycles. The highest BCUT2D eigenvalue weighted by atomic mass is 35.5. The van der Waals surface area contributed by atoms with E-state index in [2.05, 4.69) is 25.8 Å². The second-order valence-corrected chi connectivity index (χ2v) is 3.72. The first kappa shape index (κ1) is 12.2. The topological polar surface area (TPSA) is 3.24 Å². The third kappa shape index (κ3) is 5.00. The minimum Gasteiger partial charge on any atom is -0.303 e. The standard InChI is InChI=1S/C10H22ClN/c1-4-10(5-2)12(3)9-7-6-8-11/h10H,4-9H2,1-3H3. The van der Waals surface area contributed by atoms with Gasteiger partial charge >= 0.3 is 0 Å². The molecular formula is C10H22ClN. The molecule has 12 heavy (non-hydrogen) atoms. The van der Waals surface area contributed by atoms with Crippen molar-refractivity contribution in [1.29, 1.82) is 0 Å². The van der Waals surface area contributed by atoms with Crippen molar-refractivity contribution in [3.05, 3.63) is 0 Å². The highest BCUT2D eigenvalue weighted by Crippen LogP contribution is 2.07. The van der Waals surface area contributed by atoms with Crippen molar-refractivity contribution in [2.45, 2.75) is 45.6 Å². The van der Waals surface area contributed by atoms with Crippen LogP contribution in [0.4, 0.5) is 0 Å². The molecule has 0 saturated heterocycles.